The molecule has 1 aliphatic rings. The molecule has 8 heteroatoms. The Morgan fingerprint density at radius 2 is 1.70 bits per heavy atom. The smallest absolute Gasteiger partial charge is 0.234 e. The van der Waals surface area contributed by atoms with E-state index in [4.69, 9.17) is 0 Å². The second-order valence-electron chi connectivity index (χ2n) is 7.05. The number of rotatable bonds is 7. The number of anilines is 3. The summed E-state index contributed by atoms with van der Waals surface area (Å²) < 4.78 is 0.826. The summed E-state index contributed by atoms with van der Waals surface area (Å²) in [6.07, 6.45) is 0.991. The highest BCUT2D eigenvalue weighted by atomic mass is 32.2. The summed E-state index contributed by atoms with van der Waals surface area (Å²) in [7, 11) is 0. The van der Waals surface area contributed by atoms with Crippen molar-refractivity contribution in [1.29, 1.82) is 0 Å². The highest BCUT2D eigenvalue weighted by Crippen LogP contribution is 2.29. The maximum atomic E-state index is 12.2. The number of amides is 1. The molecule has 0 saturated carbocycles. The van der Waals surface area contributed by atoms with Gasteiger partial charge in [0.15, 0.2) is 4.34 Å². The molecule has 3 aromatic rings. The molecule has 6 nitrogen and oxygen atoms in total. The van der Waals surface area contributed by atoms with Crippen LogP contribution in [0.4, 0.5) is 16.5 Å². The highest BCUT2D eigenvalue weighted by Gasteiger charge is 2.20. The van der Waals surface area contributed by atoms with E-state index >= 15 is 0 Å². The van der Waals surface area contributed by atoms with E-state index in [1.54, 1.807) is 11.3 Å². The van der Waals surface area contributed by atoms with Crippen molar-refractivity contribution in [2.75, 3.05) is 47.0 Å². The molecule has 0 spiro atoms. The van der Waals surface area contributed by atoms with Crippen LogP contribution in [0.3, 0.4) is 0 Å². The average Bonchev–Trinajstić information content (AvgIpc) is 3.28. The highest BCUT2D eigenvalue weighted by molar-refractivity contribution is 8.01. The van der Waals surface area contributed by atoms with Gasteiger partial charge in [-0.1, -0.05) is 60.4 Å². The molecule has 2 aromatic carbocycles. The number of carbonyl (C=O) groups excluding carboxylic acids is 1. The Balaban J connectivity index is 1.24. The third-order valence-electron chi connectivity index (χ3n) is 5.04. The fourth-order valence-corrected chi connectivity index (χ4v) is 5.02. The summed E-state index contributed by atoms with van der Waals surface area (Å²) in [5, 5.41) is 12.5. The van der Waals surface area contributed by atoms with Crippen molar-refractivity contribution in [3.8, 4) is 0 Å². The van der Waals surface area contributed by atoms with Gasteiger partial charge in [0.05, 0.1) is 5.75 Å². The molecule has 0 aliphatic carbocycles. The molecule has 0 bridgehead atoms. The standard InChI is InChI=1S/C22H25N5OS2/c1-2-17-8-10-18(11-9-17)23-20(28)16-29-22-25-24-21(30-22)27-14-12-26(13-15-27)19-6-4-3-5-7-19/h3-11H,2,12-16H2,1H3,(H,23,28). The molecule has 1 aromatic heterocycles. The van der Waals surface area contributed by atoms with Gasteiger partial charge in [0.1, 0.15) is 0 Å². The molecule has 1 fully saturated rings. The largest absolute Gasteiger partial charge is 0.368 e. The summed E-state index contributed by atoms with van der Waals surface area (Å²) in [6, 6.07) is 18.5. The minimum atomic E-state index is -0.0301. The van der Waals surface area contributed by atoms with E-state index < -0.39 is 0 Å². The summed E-state index contributed by atoms with van der Waals surface area (Å²) in [5.41, 5.74) is 3.35. The first-order valence-corrected chi connectivity index (χ1v) is 11.9. The van der Waals surface area contributed by atoms with Crippen molar-refractivity contribution >= 4 is 45.5 Å². The molecule has 0 unspecified atom stereocenters. The van der Waals surface area contributed by atoms with Crippen LogP contribution in [0.15, 0.2) is 58.9 Å². The number of benzene rings is 2. The van der Waals surface area contributed by atoms with Gasteiger partial charge in [-0.05, 0) is 36.2 Å². The van der Waals surface area contributed by atoms with Gasteiger partial charge in [-0.25, -0.2) is 0 Å². The van der Waals surface area contributed by atoms with Gasteiger partial charge in [0.25, 0.3) is 0 Å². The number of hydrogen-bond donors (Lipinski definition) is 1. The molecular formula is C22H25N5OS2. The van der Waals surface area contributed by atoms with Gasteiger partial charge >= 0.3 is 0 Å². The summed E-state index contributed by atoms with van der Waals surface area (Å²) in [6.45, 7) is 5.88. The van der Waals surface area contributed by atoms with E-state index in [0.29, 0.717) is 5.75 Å². The van der Waals surface area contributed by atoms with Crippen LogP contribution >= 0.6 is 23.1 Å². The molecule has 2 heterocycles. The Labute approximate surface area is 185 Å². The average molecular weight is 440 g/mol. The maximum Gasteiger partial charge on any atom is 0.234 e. The first-order valence-electron chi connectivity index (χ1n) is 10.1. The SMILES string of the molecule is CCc1ccc(NC(=O)CSc2nnc(N3CCN(c4ccccc4)CC3)s2)cc1. The lowest BCUT2D eigenvalue weighted by Crippen LogP contribution is -2.46. The van der Waals surface area contributed by atoms with E-state index in [2.05, 4.69) is 56.5 Å². The van der Waals surface area contributed by atoms with E-state index in [9.17, 15) is 4.79 Å². The first-order chi connectivity index (χ1) is 14.7. The van der Waals surface area contributed by atoms with Crippen molar-refractivity contribution in [1.82, 2.24) is 10.2 Å². The van der Waals surface area contributed by atoms with Crippen molar-refractivity contribution in [2.24, 2.45) is 0 Å². The van der Waals surface area contributed by atoms with Crippen LogP contribution in [-0.4, -0.2) is 48.0 Å². The van der Waals surface area contributed by atoms with Crippen LogP contribution < -0.4 is 15.1 Å². The zero-order valence-corrected chi connectivity index (χ0v) is 18.6. The van der Waals surface area contributed by atoms with E-state index in [-0.39, 0.29) is 5.91 Å². The van der Waals surface area contributed by atoms with Crippen molar-refractivity contribution < 1.29 is 4.79 Å². The second-order valence-corrected chi connectivity index (χ2v) is 9.23. The number of carbonyl (C=O) groups is 1. The number of nitrogens with zero attached hydrogens (tertiary/aromatic N) is 4. The Kier molecular flexibility index (Phi) is 6.86. The normalized spacial score (nSPS) is 14.0. The number of para-hydroxylation sites is 1. The number of thioether (sulfide) groups is 1. The van der Waals surface area contributed by atoms with Gasteiger partial charge in [0.2, 0.25) is 11.0 Å². The molecular weight excluding hydrogens is 414 g/mol. The van der Waals surface area contributed by atoms with Crippen LogP contribution in [0.5, 0.6) is 0 Å². The molecule has 4 rings (SSSR count). The zero-order valence-electron chi connectivity index (χ0n) is 17.0. The quantitative estimate of drug-likeness (QED) is 0.558. The van der Waals surface area contributed by atoms with Gasteiger partial charge in [-0.2, -0.15) is 0 Å². The van der Waals surface area contributed by atoms with Crippen LogP contribution in [0.1, 0.15) is 12.5 Å². The molecule has 1 saturated heterocycles. The first kappa shape index (κ1) is 20.7. The molecule has 30 heavy (non-hydrogen) atoms. The fourth-order valence-electron chi connectivity index (χ4n) is 3.33. The number of hydrogen-bond acceptors (Lipinski definition) is 7. The zero-order chi connectivity index (χ0) is 20.8. The van der Waals surface area contributed by atoms with Crippen molar-refractivity contribution in [3.63, 3.8) is 0 Å². The Morgan fingerprint density at radius 1 is 1.00 bits per heavy atom. The van der Waals surface area contributed by atoms with Crippen LogP contribution in [0.25, 0.3) is 0 Å². The van der Waals surface area contributed by atoms with Crippen LogP contribution in [0, 0.1) is 0 Å². The number of piperazine rings is 1. The van der Waals surface area contributed by atoms with Gasteiger partial charge in [-0.15, -0.1) is 10.2 Å². The summed E-state index contributed by atoms with van der Waals surface area (Å²) in [4.78, 5) is 16.9. The molecule has 1 N–H and O–H groups in total. The molecule has 1 amide bonds. The monoisotopic (exact) mass is 439 g/mol. The van der Waals surface area contributed by atoms with Crippen LogP contribution in [-0.2, 0) is 11.2 Å². The third-order valence-corrected chi connectivity index (χ3v) is 7.16. The van der Waals surface area contributed by atoms with E-state index in [1.807, 2.05) is 30.3 Å². The summed E-state index contributed by atoms with van der Waals surface area (Å²) >= 11 is 2.99. The molecule has 1 aliphatic heterocycles. The second kappa shape index (κ2) is 9.95. The Bertz CT molecular complexity index is 953. The topological polar surface area (TPSA) is 61.4 Å². The molecule has 0 atom stereocenters. The number of aromatic nitrogens is 2. The lowest BCUT2D eigenvalue weighted by molar-refractivity contribution is -0.113. The lowest BCUT2D eigenvalue weighted by atomic mass is 10.1. The summed E-state index contributed by atoms with van der Waals surface area (Å²) in [5.74, 6) is 0.295. The van der Waals surface area contributed by atoms with E-state index in [0.717, 1.165) is 47.8 Å². The Morgan fingerprint density at radius 3 is 2.40 bits per heavy atom. The van der Waals surface area contributed by atoms with E-state index in [1.165, 1.54) is 23.0 Å². The minimum absolute atomic E-state index is 0.0301. The van der Waals surface area contributed by atoms with Gasteiger partial charge in [0, 0.05) is 37.6 Å². The third kappa shape index (κ3) is 5.31. The van der Waals surface area contributed by atoms with Crippen molar-refractivity contribution in [2.45, 2.75) is 17.7 Å². The molecule has 0 radical (unpaired) electrons. The van der Waals surface area contributed by atoms with Gasteiger partial charge < -0.3 is 15.1 Å². The number of nitrogens with one attached hydrogen (secondary N) is 1. The lowest BCUT2D eigenvalue weighted by Gasteiger charge is -2.35. The predicted molar refractivity (Wildman–Crippen MR) is 126 cm³/mol. The minimum Gasteiger partial charge on any atom is -0.368 e. The number of aryl methyl sites for hydroxylation is 1. The van der Waals surface area contributed by atoms with Gasteiger partial charge in [-0.3, -0.25) is 4.79 Å². The fraction of sp³-hybridized carbons (Fsp3) is 0.318. The predicted octanol–water partition coefficient (Wildman–Crippen LogP) is 4.16. The van der Waals surface area contributed by atoms with Crippen LogP contribution in [0.2, 0.25) is 0 Å². The maximum absolute atomic E-state index is 12.2. The Hall–Kier alpha value is -2.58. The molecule has 156 valence electrons. The van der Waals surface area contributed by atoms with Crippen molar-refractivity contribution in [3.05, 3.63) is 60.2 Å².